The third-order valence-electron chi connectivity index (χ3n) is 5.07. The summed E-state index contributed by atoms with van der Waals surface area (Å²) in [5.74, 6) is 0.404. The van der Waals surface area contributed by atoms with Crippen molar-refractivity contribution in [3.05, 3.63) is 41.7 Å². The molecule has 0 saturated carbocycles. The number of alkyl halides is 3. The molecule has 0 aromatic carbocycles. The van der Waals surface area contributed by atoms with E-state index in [-0.39, 0.29) is 17.7 Å². The summed E-state index contributed by atoms with van der Waals surface area (Å²) in [5, 5.41) is 9.82. The molecule has 4 rings (SSSR count). The van der Waals surface area contributed by atoms with Gasteiger partial charge in [-0.15, -0.1) is 0 Å². The summed E-state index contributed by atoms with van der Waals surface area (Å²) in [5.41, 5.74) is -0.720. The van der Waals surface area contributed by atoms with Crippen molar-refractivity contribution in [1.29, 1.82) is 0 Å². The minimum absolute atomic E-state index is 0.105. The number of carbonyl (C=O) groups is 1. The minimum atomic E-state index is -4.65. The van der Waals surface area contributed by atoms with Crippen LogP contribution in [0.5, 0.6) is 0 Å². The molecule has 10 nitrogen and oxygen atoms in total. The van der Waals surface area contributed by atoms with E-state index >= 15 is 0 Å². The summed E-state index contributed by atoms with van der Waals surface area (Å²) in [7, 11) is 2.92. The number of carbonyl (C=O) groups excluding carboxylic acids is 1. The van der Waals surface area contributed by atoms with Crippen LogP contribution in [0.15, 0.2) is 28.9 Å². The lowest BCUT2D eigenvalue weighted by molar-refractivity contribution is -0.141. The van der Waals surface area contributed by atoms with Crippen LogP contribution in [0.3, 0.4) is 0 Å². The molecule has 1 aliphatic heterocycles. The van der Waals surface area contributed by atoms with E-state index < -0.39 is 23.8 Å². The molecular weight excluding hydrogens is 431 g/mol. The molecule has 1 amide bonds. The van der Waals surface area contributed by atoms with Crippen LogP contribution < -0.4 is 10.2 Å². The normalized spacial score (nSPS) is 15.5. The van der Waals surface area contributed by atoms with Crippen molar-refractivity contribution in [1.82, 2.24) is 30.2 Å². The summed E-state index contributed by atoms with van der Waals surface area (Å²) >= 11 is 0. The molecule has 3 aromatic rings. The highest BCUT2D eigenvalue weighted by Crippen LogP contribution is 2.29. The van der Waals surface area contributed by atoms with Crippen molar-refractivity contribution in [2.45, 2.75) is 25.2 Å². The second kappa shape index (κ2) is 8.22. The molecule has 1 fully saturated rings. The first-order valence-corrected chi connectivity index (χ1v) is 9.65. The quantitative estimate of drug-likeness (QED) is 0.607. The Bertz CT molecular complexity index is 1120. The molecule has 0 aliphatic carbocycles. The Balaban J connectivity index is 1.45. The van der Waals surface area contributed by atoms with Crippen molar-refractivity contribution in [3.63, 3.8) is 0 Å². The van der Waals surface area contributed by atoms with Gasteiger partial charge in [0.25, 0.3) is 5.91 Å². The summed E-state index contributed by atoms with van der Waals surface area (Å²) < 4.78 is 49.9. The van der Waals surface area contributed by atoms with Gasteiger partial charge < -0.3 is 19.5 Å². The lowest BCUT2D eigenvalue weighted by atomic mass is 10.1. The molecule has 13 heteroatoms. The van der Waals surface area contributed by atoms with E-state index in [9.17, 15) is 18.0 Å². The number of hydrogen-bond acceptors (Lipinski definition) is 8. The Hall–Kier alpha value is -3.48. The van der Waals surface area contributed by atoms with E-state index in [1.807, 2.05) is 11.0 Å². The first kappa shape index (κ1) is 21.7. The number of methoxy groups -OCH3 is 1. The summed E-state index contributed by atoms with van der Waals surface area (Å²) in [6.07, 6.45) is -2.84. The zero-order chi connectivity index (χ0) is 23.0. The smallest absolute Gasteiger partial charge is 0.378 e. The molecule has 0 bridgehead atoms. The van der Waals surface area contributed by atoms with Crippen molar-refractivity contribution in [3.8, 4) is 11.4 Å². The Morgan fingerprint density at radius 1 is 1.34 bits per heavy atom. The van der Waals surface area contributed by atoms with Crippen molar-refractivity contribution in [2.75, 3.05) is 25.1 Å². The Morgan fingerprint density at radius 3 is 2.75 bits per heavy atom. The van der Waals surface area contributed by atoms with E-state index in [2.05, 4.69) is 25.5 Å². The number of pyridine rings is 1. The van der Waals surface area contributed by atoms with Crippen LogP contribution in [-0.2, 0) is 18.0 Å². The van der Waals surface area contributed by atoms with Gasteiger partial charge in [0.1, 0.15) is 17.6 Å². The van der Waals surface area contributed by atoms with E-state index in [0.29, 0.717) is 17.5 Å². The minimum Gasteiger partial charge on any atom is -0.378 e. The number of amides is 1. The molecular formula is C19H20F3N7O3. The van der Waals surface area contributed by atoms with Crippen LogP contribution in [0.4, 0.5) is 19.0 Å². The van der Waals surface area contributed by atoms with Gasteiger partial charge in [0.2, 0.25) is 11.7 Å². The topological polar surface area (TPSA) is 111 Å². The van der Waals surface area contributed by atoms with Crippen molar-refractivity contribution < 1.29 is 27.2 Å². The van der Waals surface area contributed by atoms with Gasteiger partial charge in [-0.1, -0.05) is 5.16 Å². The highest BCUT2D eigenvalue weighted by molar-refractivity contribution is 5.92. The molecule has 0 unspecified atom stereocenters. The lowest BCUT2D eigenvalue weighted by Crippen LogP contribution is -2.52. The molecule has 170 valence electrons. The van der Waals surface area contributed by atoms with Crippen LogP contribution in [0.25, 0.3) is 11.4 Å². The average molecular weight is 451 g/mol. The Morgan fingerprint density at radius 2 is 2.09 bits per heavy atom. The van der Waals surface area contributed by atoms with Gasteiger partial charge in [0, 0.05) is 45.1 Å². The zero-order valence-electron chi connectivity index (χ0n) is 17.4. The van der Waals surface area contributed by atoms with Crippen LogP contribution >= 0.6 is 0 Å². The van der Waals surface area contributed by atoms with Crippen LogP contribution in [0.2, 0.25) is 0 Å². The number of halogens is 3. The zero-order valence-corrected chi connectivity index (χ0v) is 17.4. The monoisotopic (exact) mass is 451 g/mol. The number of hydrogen-bond donors (Lipinski definition) is 1. The number of aromatic nitrogens is 5. The van der Waals surface area contributed by atoms with E-state index in [4.69, 9.17) is 9.26 Å². The first-order chi connectivity index (χ1) is 15.2. The molecule has 1 aliphatic rings. The van der Waals surface area contributed by atoms with Gasteiger partial charge in [0.15, 0.2) is 5.69 Å². The van der Waals surface area contributed by atoms with Gasteiger partial charge in [-0.05, 0) is 19.1 Å². The van der Waals surface area contributed by atoms with E-state index in [1.54, 1.807) is 26.3 Å². The van der Waals surface area contributed by atoms with Gasteiger partial charge in [0.05, 0.1) is 6.10 Å². The number of rotatable bonds is 6. The highest BCUT2D eigenvalue weighted by Gasteiger charge is 2.35. The average Bonchev–Trinajstić information content (AvgIpc) is 3.34. The third kappa shape index (κ3) is 4.28. The molecule has 4 heterocycles. The van der Waals surface area contributed by atoms with E-state index in [1.165, 1.54) is 7.05 Å². The second-order valence-electron chi connectivity index (χ2n) is 7.35. The summed E-state index contributed by atoms with van der Waals surface area (Å²) in [6.45, 7) is 3.05. The maximum atomic E-state index is 12.8. The second-order valence-corrected chi connectivity index (χ2v) is 7.35. The van der Waals surface area contributed by atoms with Crippen LogP contribution in [-0.4, -0.2) is 57.1 Å². The number of ether oxygens (including phenoxy) is 1. The van der Waals surface area contributed by atoms with Gasteiger partial charge >= 0.3 is 6.18 Å². The molecule has 3 aromatic heterocycles. The first-order valence-electron chi connectivity index (χ1n) is 9.65. The van der Waals surface area contributed by atoms with Crippen LogP contribution in [0, 0.1) is 0 Å². The van der Waals surface area contributed by atoms with Gasteiger partial charge in [-0.2, -0.15) is 23.3 Å². The number of nitrogens with zero attached hydrogens (tertiary/aromatic N) is 6. The number of nitrogens with one attached hydrogen (secondary N) is 1. The fourth-order valence-corrected chi connectivity index (χ4v) is 3.18. The molecule has 1 atom stereocenters. The highest BCUT2D eigenvalue weighted by atomic mass is 19.4. The Labute approximate surface area is 180 Å². The maximum absolute atomic E-state index is 12.8. The molecule has 0 spiro atoms. The fourth-order valence-electron chi connectivity index (χ4n) is 3.18. The van der Waals surface area contributed by atoms with Gasteiger partial charge in [-0.25, -0.2) is 4.98 Å². The van der Waals surface area contributed by atoms with Gasteiger partial charge in [-0.3, -0.25) is 9.48 Å². The third-order valence-corrected chi connectivity index (χ3v) is 5.07. The summed E-state index contributed by atoms with van der Waals surface area (Å²) in [4.78, 5) is 23.1. The summed E-state index contributed by atoms with van der Waals surface area (Å²) in [6, 6.07) is 3.48. The fraction of sp³-hybridized carbons (Fsp3) is 0.421. The van der Waals surface area contributed by atoms with Crippen LogP contribution in [0.1, 0.15) is 35.0 Å². The van der Waals surface area contributed by atoms with E-state index in [0.717, 1.165) is 23.6 Å². The Kier molecular flexibility index (Phi) is 5.59. The predicted octanol–water partition coefficient (Wildman–Crippen LogP) is 2.21. The molecule has 1 N–H and O–H groups in total. The molecule has 0 radical (unpaired) electrons. The molecule has 32 heavy (non-hydrogen) atoms. The SMILES string of the molecule is COC1CN(c2cc(-c3noc([C@H](C)NC(=O)c4cc(C(F)(F)F)nn4C)n3)ccn2)C1. The predicted molar refractivity (Wildman–Crippen MR) is 105 cm³/mol. The maximum Gasteiger partial charge on any atom is 0.435 e. The standard InChI is InChI=1S/C19H20F3N7O3/c1-10(24-17(30)13-7-14(19(20,21)22)26-28(13)2)18-25-16(27-32-18)11-4-5-23-15(6-11)29-8-12(9-29)31-3/h4-7,10,12H,8-9H2,1-3H3,(H,24,30)/t10-/m0/s1. The number of anilines is 1. The lowest BCUT2D eigenvalue weighted by Gasteiger charge is -2.39. The number of aryl methyl sites for hydroxylation is 1. The largest absolute Gasteiger partial charge is 0.435 e. The molecule has 1 saturated heterocycles. The van der Waals surface area contributed by atoms with Crippen molar-refractivity contribution in [2.24, 2.45) is 7.05 Å². The van der Waals surface area contributed by atoms with Crippen molar-refractivity contribution >= 4 is 11.7 Å².